The number of aromatic nitrogens is 2. The molecule has 0 unspecified atom stereocenters. The number of amides is 1. The maximum absolute atomic E-state index is 13.1. The number of rotatable bonds is 3. The summed E-state index contributed by atoms with van der Waals surface area (Å²) in [5.74, 6) is -0.473. The van der Waals surface area contributed by atoms with Gasteiger partial charge in [-0.25, -0.2) is 4.68 Å². The SMILES string of the molecule is Cc1cccc(C(=O)Nc2cc(C(F)(F)F)ccc2-n2cccn2)c1C. The molecule has 1 amide bonds. The van der Waals surface area contributed by atoms with Crippen LogP contribution in [0.2, 0.25) is 0 Å². The molecule has 1 N–H and O–H groups in total. The van der Waals surface area contributed by atoms with Crippen molar-refractivity contribution in [3.63, 3.8) is 0 Å². The second-order valence-corrected chi connectivity index (χ2v) is 5.88. The number of hydrogen-bond donors (Lipinski definition) is 1. The third kappa shape index (κ3) is 3.46. The minimum atomic E-state index is -4.51. The fourth-order valence-electron chi connectivity index (χ4n) is 2.61. The van der Waals surface area contributed by atoms with Crippen LogP contribution in [0.15, 0.2) is 54.9 Å². The molecule has 26 heavy (non-hydrogen) atoms. The van der Waals surface area contributed by atoms with E-state index in [1.54, 1.807) is 31.3 Å². The van der Waals surface area contributed by atoms with E-state index in [0.717, 1.165) is 23.3 Å². The van der Waals surface area contributed by atoms with Gasteiger partial charge in [-0.1, -0.05) is 12.1 Å². The Morgan fingerprint density at radius 1 is 1.12 bits per heavy atom. The number of aryl methyl sites for hydroxylation is 1. The molecule has 1 aromatic heterocycles. The lowest BCUT2D eigenvalue weighted by Crippen LogP contribution is -2.17. The van der Waals surface area contributed by atoms with Gasteiger partial charge in [0.05, 0.1) is 16.9 Å². The normalized spacial score (nSPS) is 11.4. The van der Waals surface area contributed by atoms with Crippen molar-refractivity contribution in [2.75, 3.05) is 5.32 Å². The number of carbonyl (C=O) groups excluding carboxylic acids is 1. The number of hydrogen-bond acceptors (Lipinski definition) is 2. The predicted octanol–water partition coefficient (Wildman–Crippen LogP) is 4.76. The van der Waals surface area contributed by atoms with Crippen LogP contribution in [0, 0.1) is 13.8 Å². The van der Waals surface area contributed by atoms with E-state index in [1.807, 2.05) is 13.0 Å². The zero-order valence-electron chi connectivity index (χ0n) is 14.1. The summed E-state index contributed by atoms with van der Waals surface area (Å²) in [5, 5.41) is 6.63. The van der Waals surface area contributed by atoms with Crippen LogP contribution in [-0.4, -0.2) is 15.7 Å². The second-order valence-electron chi connectivity index (χ2n) is 5.88. The van der Waals surface area contributed by atoms with Crippen LogP contribution in [0.4, 0.5) is 18.9 Å². The molecule has 2 aromatic carbocycles. The standard InChI is InChI=1S/C19H16F3N3O/c1-12-5-3-6-15(13(12)2)18(26)24-16-11-14(19(20,21)22)7-8-17(16)25-10-4-9-23-25/h3-11H,1-2H3,(H,24,26). The summed E-state index contributed by atoms with van der Waals surface area (Å²) in [4.78, 5) is 12.6. The summed E-state index contributed by atoms with van der Waals surface area (Å²) in [5.41, 5.74) is 1.65. The van der Waals surface area contributed by atoms with Gasteiger partial charge in [0.25, 0.3) is 5.91 Å². The Hall–Kier alpha value is -3.09. The van der Waals surface area contributed by atoms with E-state index in [1.165, 1.54) is 16.9 Å². The van der Waals surface area contributed by atoms with Gasteiger partial charge in [0.1, 0.15) is 0 Å². The zero-order valence-corrected chi connectivity index (χ0v) is 14.1. The maximum atomic E-state index is 13.1. The molecule has 0 fully saturated rings. The molecule has 0 aliphatic heterocycles. The van der Waals surface area contributed by atoms with Crippen molar-refractivity contribution in [3.05, 3.63) is 77.1 Å². The number of nitrogens with zero attached hydrogens (tertiary/aromatic N) is 2. The first-order valence-electron chi connectivity index (χ1n) is 7.86. The summed E-state index contributed by atoms with van der Waals surface area (Å²) in [6.45, 7) is 3.66. The monoisotopic (exact) mass is 359 g/mol. The third-order valence-electron chi connectivity index (χ3n) is 4.17. The lowest BCUT2D eigenvalue weighted by molar-refractivity contribution is -0.137. The van der Waals surface area contributed by atoms with E-state index in [2.05, 4.69) is 10.4 Å². The van der Waals surface area contributed by atoms with Crippen molar-refractivity contribution >= 4 is 11.6 Å². The lowest BCUT2D eigenvalue weighted by Gasteiger charge is -2.15. The average molecular weight is 359 g/mol. The summed E-state index contributed by atoms with van der Waals surface area (Å²) in [7, 11) is 0. The van der Waals surface area contributed by atoms with E-state index in [-0.39, 0.29) is 5.69 Å². The maximum Gasteiger partial charge on any atom is 0.416 e. The number of alkyl halides is 3. The Kier molecular flexibility index (Phi) is 4.54. The molecule has 0 saturated carbocycles. The number of anilines is 1. The molecule has 0 saturated heterocycles. The van der Waals surface area contributed by atoms with E-state index >= 15 is 0 Å². The van der Waals surface area contributed by atoms with E-state index in [4.69, 9.17) is 0 Å². The predicted molar refractivity (Wildman–Crippen MR) is 92.4 cm³/mol. The van der Waals surface area contributed by atoms with Crippen LogP contribution in [0.25, 0.3) is 5.69 Å². The first kappa shape index (κ1) is 17.7. The highest BCUT2D eigenvalue weighted by Gasteiger charge is 2.31. The van der Waals surface area contributed by atoms with E-state index in [9.17, 15) is 18.0 Å². The smallest absolute Gasteiger partial charge is 0.320 e. The number of carbonyl (C=O) groups is 1. The van der Waals surface area contributed by atoms with Gasteiger partial charge in [0.15, 0.2) is 0 Å². The van der Waals surface area contributed by atoms with Crippen molar-refractivity contribution < 1.29 is 18.0 Å². The van der Waals surface area contributed by atoms with Crippen LogP contribution in [0.3, 0.4) is 0 Å². The number of halogens is 3. The molecule has 7 heteroatoms. The highest BCUT2D eigenvalue weighted by molar-refractivity contribution is 6.06. The molecule has 0 aliphatic rings. The van der Waals surface area contributed by atoms with Crippen molar-refractivity contribution in [2.45, 2.75) is 20.0 Å². The van der Waals surface area contributed by atoms with Gasteiger partial charge in [-0.2, -0.15) is 18.3 Å². The van der Waals surface area contributed by atoms with Gasteiger partial charge in [0.2, 0.25) is 0 Å². The highest BCUT2D eigenvalue weighted by Crippen LogP contribution is 2.33. The molecule has 3 aromatic rings. The highest BCUT2D eigenvalue weighted by atomic mass is 19.4. The fraction of sp³-hybridized carbons (Fsp3) is 0.158. The first-order valence-corrected chi connectivity index (χ1v) is 7.86. The Balaban J connectivity index is 2.04. The lowest BCUT2D eigenvalue weighted by atomic mass is 10.0. The summed E-state index contributed by atoms with van der Waals surface area (Å²) >= 11 is 0. The molecule has 0 spiro atoms. The van der Waals surface area contributed by atoms with Gasteiger partial charge in [-0.3, -0.25) is 4.79 Å². The van der Waals surface area contributed by atoms with Gasteiger partial charge < -0.3 is 5.32 Å². The number of benzene rings is 2. The number of nitrogens with one attached hydrogen (secondary N) is 1. The topological polar surface area (TPSA) is 46.9 Å². The molecule has 134 valence electrons. The van der Waals surface area contributed by atoms with Crippen molar-refractivity contribution in [1.29, 1.82) is 0 Å². The van der Waals surface area contributed by atoms with E-state index in [0.29, 0.717) is 11.3 Å². The summed E-state index contributed by atoms with van der Waals surface area (Å²) < 4.78 is 40.7. The first-order chi connectivity index (χ1) is 12.3. The Morgan fingerprint density at radius 2 is 1.88 bits per heavy atom. The van der Waals surface area contributed by atoms with Crippen LogP contribution in [0.5, 0.6) is 0 Å². The molecule has 0 bridgehead atoms. The van der Waals surface area contributed by atoms with Crippen molar-refractivity contribution in [2.24, 2.45) is 0 Å². The quantitative estimate of drug-likeness (QED) is 0.733. The van der Waals surface area contributed by atoms with Gasteiger partial charge in [0, 0.05) is 18.0 Å². The largest absolute Gasteiger partial charge is 0.416 e. The van der Waals surface area contributed by atoms with Crippen molar-refractivity contribution in [3.8, 4) is 5.69 Å². The average Bonchev–Trinajstić information content (AvgIpc) is 3.10. The molecule has 0 aliphatic carbocycles. The minimum Gasteiger partial charge on any atom is -0.320 e. The molecule has 0 atom stereocenters. The molecular weight excluding hydrogens is 343 g/mol. The Labute approximate surface area is 148 Å². The molecular formula is C19H16F3N3O. The van der Waals surface area contributed by atoms with Crippen LogP contribution in [0.1, 0.15) is 27.0 Å². The second kappa shape index (κ2) is 6.67. The minimum absolute atomic E-state index is 0.0365. The molecule has 3 rings (SSSR count). The summed E-state index contributed by atoms with van der Waals surface area (Å²) in [6, 6.07) is 10.1. The van der Waals surface area contributed by atoms with Gasteiger partial charge in [-0.15, -0.1) is 0 Å². The van der Waals surface area contributed by atoms with E-state index < -0.39 is 17.6 Å². The fourth-order valence-corrected chi connectivity index (χ4v) is 2.61. The van der Waals surface area contributed by atoms with Crippen molar-refractivity contribution in [1.82, 2.24) is 9.78 Å². The summed E-state index contributed by atoms with van der Waals surface area (Å²) in [6.07, 6.45) is -1.41. The molecule has 1 heterocycles. The van der Waals surface area contributed by atoms with Gasteiger partial charge in [-0.05, 0) is 55.3 Å². The Morgan fingerprint density at radius 3 is 2.54 bits per heavy atom. The van der Waals surface area contributed by atoms with Crippen LogP contribution < -0.4 is 5.32 Å². The zero-order chi connectivity index (χ0) is 18.9. The van der Waals surface area contributed by atoms with Gasteiger partial charge >= 0.3 is 6.18 Å². The Bertz CT molecular complexity index is 947. The molecule has 4 nitrogen and oxygen atoms in total. The van der Waals surface area contributed by atoms with Crippen LogP contribution in [-0.2, 0) is 6.18 Å². The van der Waals surface area contributed by atoms with Crippen LogP contribution >= 0.6 is 0 Å². The molecule has 0 radical (unpaired) electrons. The third-order valence-corrected chi connectivity index (χ3v) is 4.17.